The number of aldehydes is 1. The van der Waals surface area contributed by atoms with Crippen LogP contribution in [0, 0.1) is 11.8 Å². The molecule has 0 N–H and O–H groups in total. The van der Waals surface area contributed by atoms with Crippen molar-refractivity contribution in [3.05, 3.63) is 107 Å². The Morgan fingerprint density at radius 1 is 0.657 bits per heavy atom. The van der Waals surface area contributed by atoms with E-state index in [2.05, 4.69) is 94.2 Å². The number of carbonyl (C=O) groups is 3. The fraction of sp³-hybridized carbons (Fsp3) is 0.596. The largest absolute Gasteiger partial charge is 0.459 e. The van der Waals surface area contributed by atoms with Crippen molar-refractivity contribution in [2.75, 3.05) is 39.6 Å². The third kappa shape index (κ3) is 14.3. The van der Waals surface area contributed by atoms with E-state index in [1.165, 1.54) is 69.8 Å². The number of unbranched alkanes of at least 4 members (excludes halogenated alkanes) is 7. The fourth-order valence-electron chi connectivity index (χ4n) is 9.27. The van der Waals surface area contributed by atoms with E-state index in [4.69, 9.17) is 27.6 Å². The highest BCUT2D eigenvalue weighted by atomic mass is 32.2. The monoisotopic (exact) mass is 1030 g/mol. The van der Waals surface area contributed by atoms with Gasteiger partial charge in [0.05, 0.1) is 32.0 Å². The number of allylic oxidation sites excluding steroid dienone is 2. The van der Waals surface area contributed by atoms with Gasteiger partial charge in [-0.15, -0.1) is 47.0 Å². The summed E-state index contributed by atoms with van der Waals surface area (Å²) in [6.07, 6.45) is 25.6. The van der Waals surface area contributed by atoms with Gasteiger partial charge >= 0.3 is 11.9 Å². The molecule has 0 spiro atoms. The van der Waals surface area contributed by atoms with Gasteiger partial charge in [0.2, 0.25) is 0 Å². The number of rotatable bonds is 33. The Bertz CT molecular complexity index is 1980. The molecule has 0 amide bonds. The Kier molecular flexibility index (Phi) is 21.8. The predicted octanol–water partition coefficient (Wildman–Crippen LogP) is 15.0. The smallest absolute Gasteiger partial charge is 0.338 e. The van der Waals surface area contributed by atoms with Crippen LogP contribution >= 0.6 is 63.8 Å². The van der Waals surface area contributed by atoms with E-state index in [1.54, 1.807) is 19.1 Å². The molecule has 2 heterocycles. The molecule has 6 atom stereocenters. The zero-order valence-electron chi connectivity index (χ0n) is 40.2. The van der Waals surface area contributed by atoms with Gasteiger partial charge in [-0.25, -0.2) is 9.59 Å². The van der Waals surface area contributed by atoms with Crippen molar-refractivity contribution in [3.63, 3.8) is 0 Å². The van der Waals surface area contributed by atoms with E-state index < -0.39 is 28.7 Å². The Morgan fingerprint density at radius 3 is 1.49 bits per heavy atom. The minimum absolute atomic E-state index is 0.00923. The molecule has 2 saturated heterocycles. The van der Waals surface area contributed by atoms with Gasteiger partial charge in [-0.1, -0.05) is 119 Å². The SMILES string of the molecule is C=C(C)C(=O)OCCOC(=O)c1ccc(CSC2(P(OCC)OCC)SC3(CCCCCCCCCCC45C=CC(C4)C(SCc4ccc(C=O)cc4)(P(OCC)OCC)S5)C=CC2C3)cc1. The molecule has 15 heteroatoms. The number of hydrogen-bond donors (Lipinski definition) is 0. The number of hydrogen-bond acceptors (Lipinski definition) is 13. The summed E-state index contributed by atoms with van der Waals surface area (Å²) >= 11 is 8.15. The Hall–Kier alpha value is -1.63. The van der Waals surface area contributed by atoms with Crippen molar-refractivity contribution in [1.82, 2.24) is 0 Å². The fourth-order valence-corrected chi connectivity index (χ4v) is 23.0. The molecule has 2 fully saturated rings. The highest BCUT2D eigenvalue weighted by molar-refractivity contribution is 8.25. The normalized spacial score (nSPS) is 25.7. The molecule has 2 aromatic rings. The number of thioether (sulfide) groups is 4. The van der Waals surface area contributed by atoms with Crippen molar-refractivity contribution in [2.24, 2.45) is 11.8 Å². The van der Waals surface area contributed by atoms with Gasteiger partial charge in [0, 0.05) is 44.0 Å². The molecular formula is C52H72O9P2S4. The lowest BCUT2D eigenvalue weighted by atomic mass is 9.96. The predicted molar refractivity (Wildman–Crippen MR) is 284 cm³/mol. The van der Waals surface area contributed by atoms with Gasteiger partial charge in [-0.05, 0) is 83.6 Å². The van der Waals surface area contributed by atoms with Crippen molar-refractivity contribution in [2.45, 2.75) is 140 Å². The van der Waals surface area contributed by atoms with Gasteiger partial charge in [-0.2, -0.15) is 0 Å². The first-order valence-corrected chi connectivity index (χ1v) is 30.3. The Balaban J connectivity index is 0.925. The van der Waals surface area contributed by atoms with Gasteiger partial charge < -0.3 is 27.6 Å². The van der Waals surface area contributed by atoms with Crippen LogP contribution in [0.15, 0.2) is 85.0 Å². The van der Waals surface area contributed by atoms with E-state index in [1.807, 2.05) is 47.8 Å². The van der Waals surface area contributed by atoms with Gasteiger partial charge in [0.15, 0.2) is 16.8 Å². The highest BCUT2D eigenvalue weighted by Gasteiger charge is 2.63. The van der Waals surface area contributed by atoms with E-state index in [-0.39, 0.29) is 30.3 Å². The molecule has 4 aliphatic rings. The molecule has 9 nitrogen and oxygen atoms in total. The quantitative estimate of drug-likeness (QED) is 0.0169. The summed E-state index contributed by atoms with van der Waals surface area (Å²) in [5.41, 5.74) is 3.84. The summed E-state index contributed by atoms with van der Waals surface area (Å²) in [7, 11) is -2.24. The molecule has 6 unspecified atom stereocenters. The molecule has 0 radical (unpaired) electrons. The zero-order chi connectivity index (χ0) is 47.8. The third-order valence-corrected chi connectivity index (χ3v) is 25.9. The van der Waals surface area contributed by atoms with E-state index in [0.717, 1.165) is 36.2 Å². The number of ether oxygens (including phenoxy) is 2. The first kappa shape index (κ1) is 54.7. The maximum absolute atomic E-state index is 12.6. The second-order valence-electron chi connectivity index (χ2n) is 17.6. The van der Waals surface area contributed by atoms with Crippen LogP contribution in [0.4, 0.5) is 0 Å². The second-order valence-corrected chi connectivity index (χ2v) is 28.6. The molecule has 2 aliphatic heterocycles. The van der Waals surface area contributed by atoms with Crippen LogP contribution in [0.5, 0.6) is 0 Å². The van der Waals surface area contributed by atoms with Gasteiger partial charge in [0.25, 0.3) is 0 Å². The number of esters is 2. The molecule has 4 bridgehead atoms. The van der Waals surface area contributed by atoms with Gasteiger partial charge in [0.1, 0.15) is 27.1 Å². The third-order valence-electron chi connectivity index (χ3n) is 12.6. The Labute approximate surface area is 420 Å². The summed E-state index contributed by atoms with van der Waals surface area (Å²) in [5, 5.41) is 0. The standard InChI is InChI=1S/C52H72O9P2S4/c1-7-58-62(59-8-2)51(64-38-42-21-19-41(37-53)20-22-42)45-27-31-49(35-45,66-51)29-17-15-13-11-12-14-16-18-30-50-32-28-46(36-50)52(67-50,63(60-9-3)61-10-4)65-39-43-23-25-44(26-24-43)48(55)57-34-33-56-47(54)40(5)6/h19-28,31-32,37,45-46H,5,7-18,29-30,33-36,38-39H2,1-4,6H3. The summed E-state index contributed by atoms with van der Waals surface area (Å²) in [6.45, 7) is 15.9. The number of fused-ring (bicyclic) bond motifs is 4. The van der Waals surface area contributed by atoms with Crippen LogP contribution in [-0.2, 0) is 43.9 Å². The summed E-state index contributed by atoms with van der Waals surface area (Å²) in [5.74, 6) is 1.49. The van der Waals surface area contributed by atoms with Crippen LogP contribution in [0.25, 0.3) is 0 Å². The molecule has 368 valence electrons. The average Bonchev–Trinajstić information content (AvgIpc) is 4.11. The van der Waals surface area contributed by atoms with Crippen LogP contribution in [-0.4, -0.2) is 75.0 Å². The maximum atomic E-state index is 12.6. The molecule has 67 heavy (non-hydrogen) atoms. The van der Waals surface area contributed by atoms with Gasteiger partial charge in [-0.3, -0.25) is 4.79 Å². The van der Waals surface area contributed by atoms with Crippen molar-refractivity contribution in [1.29, 1.82) is 0 Å². The van der Waals surface area contributed by atoms with E-state index >= 15 is 0 Å². The highest BCUT2D eigenvalue weighted by Crippen LogP contribution is 2.79. The van der Waals surface area contributed by atoms with Crippen LogP contribution in [0.1, 0.15) is 144 Å². The minimum Gasteiger partial charge on any atom is -0.459 e. The maximum Gasteiger partial charge on any atom is 0.338 e. The molecule has 6 rings (SSSR count). The number of benzene rings is 2. The van der Waals surface area contributed by atoms with Crippen molar-refractivity contribution < 1.29 is 42.0 Å². The van der Waals surface area contributed by atoms with Crippen LogP contribution < -0.4 is 0 Å². The minimum atomic E-state index is -1.15. The lowest BCUT2D eigenvalue weighted by Gasteiger charge is -2.41. The average molecular weight is 1030 g/mol. The van der Waals surface area contributed by atoms with E-state index in [9.17, 15) is 14.4 Å². The first-order chi connectivity index (χ1) is 32.5. The van der Waals surface area contributed by atoms with E-state index in [0.29, 0.717) is 55.0 Å². The summed E-state index contributed by atoms with van der Waals surface area (Å²) in [4.78, 5) is 35.5. The first-order valence-electron chi connectivity index (χ1n) is 24.3. The zero-order valence-corrected chi connectivity index (χ0v) is 45.3. The molecule has 2 aromatic carbocycles. The Morgan fingerprint density at radius 2 is 1.07 bits per heavy atom. The lowest BCUT2D eigenvalue weighted by Crippen LogP contribution is -2.28. The van der Waals surface area contributed by atoms with Crippen molar-refractivity contribution in [3.8, 4) is 0 Å². The molecule has 0 aromatic heterocycles. The molecule has 0 saturated carbocycles. The van der Waals surface area contributed by atoms with Crippen LogP contribution in [0.3, 0.4) is 0 Å². The molecular weight excluding hydrogens is 959 g/mol. The summed E-state index contributed by atoms with van der Waals surface area (Å²) in [6, 6.07) is 15.6. The number of carbonyl (C=O) groups excluding carboxylic acids is 3. The lowest BCUT2D eigenvalue weighted by molar-refractivity contribution is -0.140. The summed E-state index contributed by atoms with van der Waals surface area (Å²) < 4.78 is 35.9. The topological polar surface area (TPSA) is 107 Å². The van der Waals surface area contributed by atoms with Crippen LogP contribution in [0.2, 0.25) is 0 Å². The second kappa shape index (κ2) is 26.7. The van der Waals surface area contributed by atoms with Crippen molar-refractivity contribution >= 4 is 82.0 Å². The molecule has 2 aliphatic carbocycles.